The molecule has 0 aliphatic heterocycles. The number of ether oxygens (including phenoxy) is 1. The summed E-state index contributed by atoms with van der Waals surface area (Å²) in [7, 11) is 0. The zero-order chi connectivity index (χ0) is 21.3. The van der Waals surface area contributed by atoms with Crippen molar-refractivity contribution in [1.82, 2.24) is 5.32 Å². The van der Waals surface area contributed by atoms with Gasteiger partial charge >= 0.3 is 5.97 Å². The average Bonchev–Trinajstić information content (AvgIpc) is 3.19. The van der Waals surface area contributed by atoms with Crippen molar-refractivity contribution in [3.05, 3.63) is 77.9 Å². The maximum Gasteiger partial charge on any atom is 0.341 e. The summed E-state index contributed by atoms with van der Waals surface area (Å²) in [6.45, 7) is 4.79. The predicted molar refractivity (Wildman–Crippen MR) is 122 cm³/mol. The van der Waals surface area contributed by atoms with Crippen molar-refractivity contribution in [3.8, 4) is 10.4 Å². The molecule has 0 aliphatic rings. The van der Waals surface area contributed by atoms with Gasteiger partial charge in [0.1, 0.15) is 11.0 Å². The SMILES string of the molecule is CCCN[C@H](C(=O)Nc1sc(-c2ccccc2)cc1C(=O)OCC)c1ccccc1. The number of amides is 1. The Morgan fingerprint density at radius 2 is 1.67 bits per heavy atom. The Balaban J connectivity index is 1.91. The van der Waals surface area contributed by atoms with Crippen molar-refractivity contribution < 1.29 is 14.3 Å². The fourth-order valence-electron chi connectivity index (χ4n) is 3.07. The molecule has 0 fully saturated rings. The third-order valence-electron chi connectivity index (χ3n) is 4.52. The van der Waals surface area contributed by atoms with Crippen LogP contribution in [0.25, 0.3) is 10.4 Å². The molecule has 5 nitrogen and oxygen atoms in total. The van der Waals surface area contributed by atoms with E-state index in [1.807, 2.05) is 60.7 Å². The number of rotatable bonds is 9. The highest BCUT2D eigenvalue weighted by Gasteiger charge is 2.24. The van der Waals surface area contributed by atoms with Crippen LogP contribution in [-0.4, -0.2) is 25.0 Å². The summed E-state index contributed by atoms with van der Waals surface area (Å²) >= 11 is 1.37. The molecule has 30 heavy (non-hydrogen) atoms. The number of carbonyl (C=O) groups is 2. The molecule has 1 heterocycles. The number of hydrogen-bond acceptors (Lipinski definition) is 5. The van der Waals surface area contributed by atoms with Gasteiger partial charge in [-0.2, -0.15) is 0 Å². The van der Waals surface area contributed by atoms with Crippen LogP contribution in [0.2, 0.25) is 0 Å². The standard InChI is InChI=1S/C24H26N2O3S/c1-3-15-25-21(18-13-9-6-10-14-18)22(27)26-23-19(24(28)29-4-2)16-20(30-23)17-11-7-5-8-12-17/h5-14,16,21,25H,3-4,15H2,1-2H3,(H,26,27)/t21-/m0/s1. The van der Waals surface area contributed by atoms with Gasteiger partial charge in [0.25, 0.3) is 0 Å². The zero-order valence-corrected chi connectivity index (χ0v) is 18.0. The molecule has 0 saturated carbocycles. The lowest BCUT2D eigenvalue weighted by molar-refractivity contribution is -0.118. The number of thiophene rings is 1. The Bertz CT molecular complexity index is 971. The zero-order valence-electron chi connectivity index (χ0n) is 17.2. The highest BCUT2D eigenvalue weighted by atomic mass is 32.1. The molecule has 3 aromatic rings. The van der Waals surface area contributed by atoms with E-state index in [9.17, 15) is 9.59 Å². The number of anilines is 1. The molecule has 0 saturated heterocycles. The molecular formula is C24H26N2O3S. The van der Waals surface area contributed by atoms with Gasteiger partial charge in [-0.3, -0.25) is 4.79 Å². The van der Waals surface area contributed by atoms with E-state index >= 15 is 0 Å². The summed E-state index contributed by atoms with van der Waals surface area (Å²) in [4.78, 5) is 26.6. The van der Waals surface area contributed by atoms with Gasteiger partial charge in [-0.05, 0) is 37.1 Å². The van der Waals surface area contributed by atoms with Gasteiger partial charge in [-0.15, -0.1) is 11.3 Å². The van der Waals surface area contributed by atoms with Gasteiger partial charge in [0.05, 0.1) is 12.2 Å². The summed E-state index contributed by atoms with van der Waals surface area (Å²) < 4.78 is 5.21. The lowest BCUT2D eigenvalue weighted by Gasteiger charge is -2.18. The van der Waals surface area contributed by atoms with Crippen LogP contribution >= 0.6 is 11.3 Å². The molecule has 2 aromatic carbocycles. The van der Waals surface area contributed by atoms with E-state index in [1.54, 1.807) is 13.0 Å². The van der Waals surface area contributed by atoms with Gasteiger partial charge < -0.3 is 15.4 Å². The van der Waals surface area contributed by atoms with Crippen molar-refractivity contribution in [2.24, 2.45) is 0 Å². The monoisotopic (exact) mass is 422 g/mol. The van der Waals surface area contributed by atoms with Crippen LogP contribution in [0, 0.1) is 0 Å². The Hall–Kier alpha value is -2.96. The predicted octanol–water partition coefficient (Wildman–Crippen LogP) is 5.27. The molecule has 1 amide bonds. The van der Waals surface area contributed by atoms with E-state index in [0.29, 0.717) is 17.1 Å². The molecule has 0 bridgehead atoms. The van der Waals surface area contributed by atoms with E-state index in [1.165, 1.54) is 11.3 Å². The third kappa shape index (κ3) is 5.34. The van der Waals surface area contributed by atoms with Crippen LogP contribution < -0.4 is 10.6 Å². The Morgan fingerprint density at radius 3 is 2.30 bits per heavy atom. The number of nitrogens with one attached hydrogen (secondary N) is 2. The van der Waals surface area contributed by atoms with Crippen molar-refractivity contribution in [3.63, 3.8) is 0 Å². The second-order valence-electron chi connectivity index (χ2n) is 6.73. The molecule has 0 aliphatic carbocycles. The Kier molecular flexibility index (Phi) is 7.76. The van der Waals surface area contributed by atoms with Gasteiger partial charge in [0, 0.05) is 4.88 Å². The summed E-state index contributed by atoms with van der Waals surface area (Å²) in [6, 6.07) is 20.6. The molecule has 6 heteroatoms. The Labute approximate surface area is 181 Å². The highest BCUT2D eigenvalue weighted by Crippen LogP contribution is 2.36. The summed E-state index contributed by atoms with van der Waals surface area (Å²) in [5, 5.41) is 6.76. The first-order valence-corrected chi connectivity index (χ1v) is 10.9. The quantitative estimate of drug-likeness (QED) is 0.461. The summed E-state index contributed by atoms with van der Waals surface area (Å²) in [5.41, 5.74) is 2.23. The van der Waals surface area contributed by atoms with Gasteiger partial charge in [0.2, 0.25) is 5.91 Å². The maximum atomic E-state index is 13.2. The first kappa shape index (κ1) is 21.7. The average molecular weight is 423 g/mol. The fraction of sp³-hybridized carbons (Fsp3) is 0.250. The van der Waals surface area contributed by atoms with Gasteiger partial charge in [0.15, 0.2) is 0 Å². The minimum atomic E-state index is -0.511. The number of esters is 1. The third-order valence-corrected chi connectivity index (χ3v) is 5.62. The number of hydrogen-bond donors (Lipinski definition) is 2. The van der Waals surface area contributed by atoms with E-state index in [4.69, 9.17) is 4.74 Å². The number of carbonyl (C=O) groups excluding carboxylic acids is 2. The highest BCUT2D eigenvalue weighted by molar-refractivity contribution is 7.20. The van der Waals surface area contributed by atoms with Crippen LogP contribution in [0.15, 0.2) is 66.7 Å². The van der Waals surface area contributed by atoms with E-state index < -0.39 is 12.0 Å². The molecule has 1 atom stereocenters. The van der Waals surface area contributed by atoms with Crippen molar-refractivity contribution in [2.45, 2.75) is 26.3 Å². The molecule has 3 rings (SSSR count). The molecule has 0 spiro atoms. The largest absolute Gasteiger partial charge is 0.462 e. The minimum absolute atomic E-state index is 0.207. The molecule has 1 aromatic heterocycles. The molecule has 2 N–H and O–H groups in total. The van der Waals surface area contributed by atoms with Crippen LogP contribution in [0.3, 0.4) is 0 Å². The Morgan fingerprint density at radius 1 is 1.00 bits per heavy atom. The lowest BCUT2D eigenvalue weighted by atomic mass is 10.1. The topological polar surface area (TPSA) is 67.4 Å². The summed E-state index contributed by atoms with van der Waals surface area (Å²) in [6.07, 6.45) is 0.905. The van der Waals surface area contributed by atoms with Crippen molar-refractivity contribution >= 4 is 28.2 Å². The number of benzene rings is 2. The minimum Gasteiger partial charge on any atom is -0.462 e. The second kappa shape index (κ2) is 10.7. The van der Waals surface area contributed by atoms with E-state index in [-0.39, 0.29) is 12.5 Å². The molecule has 0 unspecified atom stereocenters. The molecule has 156 valence electrons. The molecule has 0 radical (unpaired) electrons. The fourth-order valence-corrected chi connectivity index (χ4v) is 4.12. The van der Waals surface area contributed by atoms with Crippen molar-refractivity contribution in [2.75, 3.05) is 18.5 Å². The van der Waals surface area contributed by atoms with Gasteiger partial charge in [-0.1, -0.05) is 67.6 Å². The van der Waals surface area contributed by atoms with Crippen LogP contribution in [-0.2, 0) is 9.53 Å². The van der Waals surface area contributed by atoms with Crippen LogP contribution in [0.4, 0.5) is 5.00 Å². The maximum absolute atomic E-state index is 13.2. The van der Waals surface area contributed by atoms with E-state index in [0.717, 1.165) is 22.4 Å². The van der Waals surface area contributed by atoms with Crippen LogP contribution in [0.5, 0.6) is 0 Å². The van der Waals surface area contributed by atoms with Gasteiger partial charge in [-0.25, -0.2) is 4.79 Å². The molecular weight excluding hydrogens is 396 g/mol. The lowest BCUT2D eigenvalue weighted by Crippen LogP contribution is -2.33. The van der Waals surface area contributed by atoms with Crippen LogP contribution in [0.1, 0.15) is 42.2 Å². The van der Waals surface area contributed by atoms with Crippen molar-refractivity contribution in [1.29, 1.82) is 0 Å². The first-order valence-electron chi connectivity index (χ1n) is 10.1. The summed E-state index contributed by atoms with van der Waals surface area (Å²) in [5.74, 6) is -0.648. The first-order chi connectivity index (χ1) is 14.6. The second-order valence-corrected chi connectivity index (χ2v) is 7.78. The van der Waals surface area contributed by atoms with E-state index in [2.05, 4.69) is 17.6 Å². The normalized spacial score (nSPS) is 11.7. The smallest absolute Gasteiger partial charge is 0.341 e.